The highest BCUT2D eigenvalue weighted by atomic mass is 14.2. The van der Waals surface area contributed by atoms with Crippen LogP contribution >= 0.6 is 0 Å². The fraction of sp³-hybridized carbons (Fsp3) is 0.636. The standard InChI is InChI=1S/C11H20/c1-5-8-10(4)11(7-3)9-6-2/h5,7,10-11H,1,3,6,8-9H2,2,4H3. The number of hydrogen-bond donors (Lipinski definition) is 0. The molecule has 0 N–H and O–H groups in total. The summed E-state index contributed by atoms with van der Waals surface area (Å²) in [7, 11) is 0. The highest BCUT2D eigenvalue weighted by Crippen LogP contribution is 2.21. The normalized spacial score (nSPS) is 15.5. The minimum absolute atomic E-state index is 0.679. The van der Waals surface area contributed by atoms with Gasteiger partial charge >= 0.3 is 0 Å². The van der Waals surface area contributed by atoms with Crippen molar-refractivity contribution in [1.29, 1.82) is 0 Å². The molecule has 0 fully saturated rings. The molecule has 0 bridgehead atoms. The summed E-state index contributed by atoms with van der Waals surface area (Å²) >= 11 is 0. The van der Waals surface area contributed by atoms with Crippen LogP contribution in [0.3, 0.4) is 0 Å². The Morgan fingerprint density at radius 2 is 2.00 bits per heavy atom. The summed E-state index contributed by atoms with van der Waals surface area (Å²) in [6, 6.07) is 0. The average molecular weight is 152 g/mol. The molecule has 0 aliphatic heterocycles. The number of hydrogen-bond acceptors (Lipinski definition) is 0. The molecule has 2 atom stereocenters. The maximum absolute atomic E-state index is 3.85. The molecular weight excluding hydrogens is 132 g/mol. The Hall–Kier alpha value is -0.520. The third-order valence-electron chi connectivity index (χ3n) is 2.19. The van der Waals surface area contributed by atoms with Crippen molar-refractivity contribution in [1.82, 2.24) is 0 Å². The molecule has 0 aromatic heterocycles. The Kier molecular flexibility index (Phi) is 5.91. The van der Waals surface area contributed by atoms with Gasteiger partial charge in [0.1, 0.15) is 0 Å². The van der Waals surface area contributed by atoms with Gasteiger partial charge in [0.2, 0.25) is 0 Å². The Morgan fingerprint density at radius 3 is 2.36 bits per heavy atom. The summed E-state index contributed by atoms with van der Waals surface area (Å²) in [6.07, 6.45) is 7.70. The van der Waals surface area contributed by atoms with Crippen LogP contribution in [0.4, 0.5) is 0 Å². The molecule has 0 aliphatic rings. The highest BCUT2D eigenvalue weighted by Gasteiger charge is 2.10. The minimum Gasteiger partial charge on any atom is -0.103 e. The molecule has 64 valence electrons. The number of rotatable bonds is 6. The van der Waals surface area contributed by atoms with E-state index < -0.39 is 0 Å². The van der Waals surface area contributed by atoms with Crippen molar-refractivity contribution in [2.45, 2.75) is 33.1 Å². The van der Waals surface area contributed by atoms with Crippen molar-refractivity contribution >= 4 is 0 Å². The van der Waals surface area contributed by atoms with E-state index in [1.807, 2.05) is 6.08 Å². The van der Waals surface area contributed by atoms with Crippen molar-refractivity contribution < 1.29 is 0 Å². The molecule has 0 aromatic rings. The molecule has 0 aliphatic carbocycles. The first-order valence-corrected chi connectivity index (χ1v) is 4.49. The summed E-state index contributed by atoms with van der Waals surface area (Å²) in [4.78, 5) is 0. The average Bonchev–Trinajstić information content (AvgIpc) is 2.00. The molecule has 0 heteroatoms. The molecule has 0 spiro atoms. The van der Waals surface area contributed by atoms with E-state index in [0.29, 0.717) is 11.8 Å². The SMILES string of the molecule is C=CCC(C)C(C=C)CCC. The molecule has 0 heterocycles. The van der Waals surface area contributed by atoms with Gasteiger partial charge in [-0.05, 0) is 24.7 Å². The molecule has 0 saturated heterocycles. The third-order valence-corrected chi connectivity index (χ3v) is 2.19. The van der Waals surface area contributed by atoms with Crippen LogP contribution < -0.4 is 0 Å². The van der Waals surface area contributed by atoms with Gasteiger partial charge < -0.3 is 0 Å². The van der Waals surface area contributed by atoms with E-state index in [9.17, 15) is 0 Å². The highest BCUT2D eigenvalue weighted by molar-refractivity contribution is 4.85. The van der Waals surface area contributed by atoms with Crippen molar-refractivity contribution in [3.05, 3.63) is 25.3 Å². The second kappa shape index (κ2) is 6.21. The zero-order valence-corrected chi connectivity index (χ0v) is 7.84. The Labute approximate surface area is 71.0 Å². The zero-order valence-electron chi connectivity index (χ0n) is 7.84. The molecule has 0 radical (unpaired) electrons. The van der Waals surface area contributed by atoms with Crippen LogP contribution in [0.15, 0.2) is 25.3 Å². The predicted molar refractivity (Wildman–Crippen MR) is 52.6 cm³/mol. The summed E-state index contributed by atoms with van der Waals surface area (Å²) in [5.74, 6) is 1.39. The smallest absolute Gasteiger partial charge is 0.0208 e. The van der Waals surface area contributed by atoms with Gasteiger partial charge in [-0.25, -0.2) is 0 Å². The largest absolute Gasteiger partial charge is 0.103 e. The summed E-state index contributed by atoms with van der Waals surface area (Å²) in [5.41, 5.74) is 0. The van der Waals surface area contributed by atoms with Crippen LogP contribution in [0.1, 0.15) is 33.1 Å². The van der Waals surface area contributed by atoms with Gasteiger partial charge in [0.25, 0.3) is 0 Å². The Bertz CT molecular complexity index is 113. The third kappa shape index (κ3) is 4.02. The molecule has 0 rings (SSSR count). The van der Waals surface area contributed by atoms with Crippen molar-refractivity contribution in [3.8, 4) is 0 Å². The summed E-state index contributed by atoms with van der Waals surface area (Å²) in [6.45, 7) is 12.1. The van der Waals surface area contributed by atoms with Gasteiger partial charge in [0, 0.05) is 0 Å². The Morgan fingerprint density at radius 1 is 1.36 bits per heavy atom. The fourth-order valence-electron chi connectivity index (χ4n) is 1.41. The summed E-state index contributed by atoms with van der Waals surface area (Å²) < 4.78 is 0. The van der Waals surface area contributed by atoms with Crippen LogP contribution in [-0.2, 0) is 0 Å². The summed E-state index contributed by atoms with van der Waals surface area (Å²) in [5, 5.41) is 0. The topological polar surface area (TPSA) is 0 Å². The van der Waals surface area contributed by atoms with Crippen molar-refractivity contribution in [2.24, 2.45) is 11.8 Å². The van der Waals surface area contributed by atoms with E-state index in [0.717, 1.165) is 6.42 Å². The van der Waals surface area contributed by atoms with Crippen LogP contribution in [0, 0.1) is 11.8 Å². The van der Waals surface area contributed by atoms with Gasteiger partial charge in [-0.2, -0.15) is 0 Å². The lowest BCUT2D eigenvalue weighted by molar-refractivity contribution is 0.405. The second-order valence-electron chi connectivity index (χ2n) is 3.19. The fourth-order valence-corrected chi connectivity index (χ4v) is 1.41. The molecule has 0 amide bonds. The van der Waals surface area contributed by atoms with Gasteiger partial charge in [0.15, 0.2) is 0 Å². The lowest BCUT2D eigenvalue weighted by atomic mass is 9.88. The van der Waals surface area contributed by atoms with E-state index in [1.54, 1.807) is 0 Å². The predicted octanol–water partition coefficient (Wildman–Crippen LogP) is 3.80. The first-order chi connectivity index (χ1) is 5.26. The van der Waals surface area contributed by atoms with E-state index in [2.05, 4.69) is 33.1 Å². The molecule has 0 nitrogen and oxygen atoms in total. The first-order valence-electron chi connectivity index (χ1n) is 4.49. The van der Waals surface area contributed by atoms with Gasteiger partial charge in [-0.1, -0.05) is 32.4 Å². The maximum atomic E-state index is 3.85. The van der Waals surface area contributed by atoms with Crippen LogP contribution in [0.2, 0.25) is 0 Å². The van der Waals surface area contributed by atoms with Gasteiger partial charge in [-0.15, -0.1) is 13.2 Å². The van der Waals surface area contributed by atoms with Crippen molar-refractivity contribution in [2.75, 3.05) is 0 Å². The molecule has 0 saturated carbocycles. The first kappa shape index (κ1) is 10.5. The van der Waals surface area contributed by atoms with Gasteiger partial charge in [-0.3, -0.25) is 0 Å². The monoisotopic (exact) mass is 152 g/mol. The second-order valence-corrected chi connectivity index (χ2v) is 3.19. The molecule has 11 heavy (non-hydrogen) atoms. The van der Waals surface area contributed by atoms with E-state index in [1.165, 1.54) is 12.8 Å². The van der Waals surface area contributed by atoms with E-state index >= 15 is 0 Å². The molecule has 2 unspecified atom stereocenters. The lowest BCUT2D eigenvalue weighted by Crippen LogP contribution is -2.07. The quantitative estimate of drug-likeness (QED) is 0.508. The molecule has 0 aromatic carbocycles. The Balaban J connectivity index is 3.79. The van der Waals surface area contributed by atoms with Crippen LogP contribution in [0.5, 0.6) is 0 Å². The minimum atomic E-state index is 0.679. The van der Waals surface area contributed by atoms with Crippen molar-refractivity contribution in [3.63, 3.8) is 0 Å². The van der Waals surface area contributed by atoms with Crippen LogP contribution in [0.25, 0.3) is 0 Å². The molecular formula is C11H20. The number of allylic oxidation sites excluding steroid dienone is 2. The van der Waals surface area contributed by atoms with Gasteiger partial charge in [0.05, 0.1) is 0 Å². The van der Waals surface area contributed by atoms with E-state index in [-0.39, 0.29) is 0 Å². The van der Waals surface area contributed by atoms with Crippen LogP contribution in [-0.4, -0.2) is 0 Å². The lowest BCUT2D eigenvalue weighted by Gasteiger charge is -2.18. The van der Waals surface area contributed by atoms with E-state index in [4.69, 9.17) is 0 Å². The maximum Gasteiger partial charge on any atom is -0.0208 e. The zero-order chi connectivity index (χ0) is 8.69.